The average Bonchev–Trinajstić information content (AvgIpc) is 3.12. The highest BCUT2D eigenvalue weighted by Crippen LogP contribution is 2.48. The lowest BCUT2D eigenvalue weighted by molar-refractivity contribution is -0.123. The molecule has 6 heteroatoms. The van der Waals surface area contributed by atoms with E-state index in [0.717, 1.165) is 18.4 Å². The summed E-state index contributed by atoms with van der Waals surface area (Å²) < 4.78 is 22.7. The molecule has 1 atom stereocenters. The Balaban J connectivity index is 1.74. The Labute approximate surface area is 117 Å². The molecule has 1 amide bonds. The molecule has 1 aromatic rings. The quantitative estimate of drug-likeness (QED) is 0.804. The maximum absolute atomic E-state index is 12.4. The van der Waals surface area contributed by atoms with Gasteiger partial charge < -0.3 is 11.1 Å². The monoisotopic (exact) mass is 292 g/mol. The van der Waals surface area contributed by atoms with E-state index in [1.807, 2.05) is 12.1 Å². The lowest BCUT2D eigenvalue weighted by atomic mass is 9.94. The predicted octanol–water partition coefficient (Wildman–Crippen LogP) is 0.727. The standard InChI is InChI=1S/C14H16N2O3S/c15-11-3-1-10(2-4-11)14(6-7-14)13(17)16-12-5-8-20(18,19)9-12/h1-5,8,12H,6-7,9,15H2,(H,16,17). The molecule has 3 N–H and O–H groups in total. The molecular formula is C14H16N2O3S. The van der Waals surface area contributed by atoms with Gasteiger partial charge in [-0.15, -0.1) is 0 Å². The van der Waals surface area contributed by atoms with E-state index in [0.29, 0.717) is 5.69 Å². The van der Waals surface area contributed by atoms with Crippen LogP contribution in [-0.2, 0) is 20.0 Å². The normalized spacial score (nSPS) is 25.3. The van der Waals surface area contributed by atoms with Gasteiger partial charge in [-0.25, -0.2) is 8.42 Å². The van der Waals surface area contributed by atoms with Crippen LogP contribution in [0.4, 0.5) is 5.69 Å². The third kappa shape index (κ3) is 2.31. The zero-order valence-corrected chi connectivity index (χ0v) is 11.7. The van der Waals surface area contributed by atoms with Crippen molar-refractivity contribution in [1.82, 2.24) is 5.32 Å². The van der Waals surface area contributed by atoms with Crippen LogP contribution in [-0.4, -0.2) is 26.1 Å². The van der Waals surface area contributed by atoms with Crippen LogP contribution in [0.2, 0.25) is 0 Å². The van der Waals surface area contributed by atoms with Crippen LogP contribution in [0.25, 0.3) is 0 Å². The number of amides is 1. The van der Waals surface area contributed by atoms with Crippen molar-refractivity contribution in [1.29, 1.82) is 0 Å². The molecule has 0 saturated heterocycles. The van der Waals surface area contributed by atoms with Crippen molar-refractivity contribution in [2.24, 2.45) is 0 Å². The van der Waals surface area contributed by atoms with Crippen LogP contribution >= 0.6 is 0 Å². The summed E-state index contributed by atoms with van der Waals surface area (Å²) in [7, 11) is -3.15. The van der Waals surface area contributed by atoms with Crippen LogP contribution in [0.15, 0.2) is 35.7 Å². The van der Waals surface area contributed by atoms with E-state index < -0.39 is 21.3 Å². The number of sulfone groups is 1. The van der Waals surface area contributed by atoms with Crippen molar-refractivity contribution in [3.63, 3.8) is 0 Å². The summed E-state index contributed by atoms with van der Waals surface area (Å²) >= 11 is 0. The number of carbonyl (C=O) groups is 1. The highest BCUT2D eigenvalue weighted by atomic mass is 32.2. The molecule has 1 aliphatic carbocycles. The lowest BCUT2D eigenvalue weighted by Crippen LogP contribution is -2.42. The summed E-state index contributed by atoms with van der Waals surface area (Å²) in [5, 5.41) is 3.98. The van der Waals surface area contributed by atoms with Gasteiger partial charge in [0.05, 0.1) is 17.2 Å². The maximum atomic E-state index is 12.4. The predicted molar refractivity (Wildman–Crippen MR) is 76.6 cm³/mol. The summed E-state index contributed by atoms with van der Waals surface area (Å²) in [6.45, 7) is 0. The maximum Gasteiger partial charge on any atom is 0.231 e. The second-order valence-corrected chi connectivity index (χ2v) is 7.37. The van der Waals surface area contributed by atoms with E-state index in [4.69, 9.17) is 5.73 Å². The molecule has 0 radical (unpaired) electrons. The molecule has 20 heavy (non-hydrogen) atoms. The first-order valence-electron chi connectivity index (χ1n) is 6.49. The number of anilines is 1. The van der Waals surface area contributed by atoms with Crippen molar-refractivity contribution in [2.45, 2.75) is 24.3 Å². The van der Waals surface area contributed by atoms with Crippen LogP contribution in [0.5, 0.6) is 0 Å². The minimum atomic E-state index is -3.15. The summed E-state index contributed by atoms with van der Waals surface area (Å²) in [4.78, 5) is 12.4. The molecule has 1 aromatic carbocycles. The number of nitrogens with one attached hydrogen (secondary N) is 1. The molecule has 0 bridgehead atoms. The van der Waals surface area contributed by atoms with Crippen LogP contribution in [0.3, 0.4) is 0 Å². The third-order valence-corrected chi connectivity index (χ3v) is 5.29. The molecule has 0 aromatic heterocycles. The van der Waals surface area contributed by atoms with Gasteiger partial charge in [0.1, 0.15) is 0 Å². The Morgan fingerprint density at radius 2 is 1.90 bits per heavy atom. The van der Waals surface area contributed by atoms with Crippen molar-refractivity contribution in [2.75, 3.05) is 11.5 Å². The van der Waals surface area contributed by atoms with Crippen LogP contribution < -0.4 is 11.1 Å². The molecular weight excluding hydrogens is 276 g/mol. The lowest BCUT2D eigenvalue weighted by Gasteiger charge is -2.18. The van der Waals surface area contributed by atoms with Crippen LogP contribution in [0, 0.1) is 0 Å². The molecule has 1 unspecified atom stereocenters. The van der Waals surface area contributed by atoms with Gasteiger partial charge in [0.25, 0.3) is 0 Å². The van der Waals surface area contributed by atoms with E-state index in [1.165, 1.54) is 11.5 Å². The van der Waals surface area contributed by atoms with Gasteiger partial charge in [-0.1, -0.05) is 12.1 Å². The Hall–Kier alpha value is -1.82. The average molecular weight is 292 g/mol. The fourth-order valence-corrected chi connectivity index (χ4v) is 3.78. The number of nitrogens with two attached hydrogens (primary N) is 1. The van der Waals surface area contributed by atoms with E-state index in [2.05, 4.69) is 5.32 Å². The minimum Gasteiger partial charge on any atom is -0.399 e. The van der Waals surface area contributed by atoms with E-state index in [-0.39, 0.29) is 11.7 Å². The van der Waals surface area contributed by atoms with Gasteiger partial charge in [0, 0.05) is 11.1 Å². The number of nitrogen functional groups attached to an aromatic ring is 1. The molecule has 106 valence electrons. The highest BCUT2D eigenvalue weighted by molar-refractivity contribution is 7.94. The van der Waals surface area contributed by atoms with Gasteiger partial charge in [-0.3, -0.25) is 4.79 Å². The fourth-order valence-electron chi connectivity index (χ4n) is 2.55. The molecule has 0 spiro atoms. The van der Waals surface area contributed by atoms with Gasteiger partial charge in [-0.05, 0) is 36.6 Å². The molecule has 3 rings (SSSR count). The molecule has 1 aliphatic heterocycles. The zero-order valence-electron chi connectivity index (χ0n) is 10.9. The summed E-state index contributed by atoms with van der Waals surface area (Å²) in [5.74, 6) is -0.148. The second-order valence-electron chi connectivity index (χ2n) is 5.44. The van der Waals surface area contributed by atoms with Crippen molar-refractivity contribution >= 4 is 21.4 Å². The largest absolute Gasteiger partial charge is 0.399 e. The second kappa shape index (κ2) is 4.34. The van der Waals surface area contributed by atoms with Gasteiger partial charge in [0.2, 0.25) is 5.91 Å². The molecule has 2 aliphatic rings. The van der Waals surface area contributed by atoms with E-state index in [1.54, 1.807) is 12.1 Å². The summed E-state index contributed by atoms with van der Waals surface area (Å²) in [6, 6.07) is 6.87. The number of rotatable bonds is 3. The van der Waals surface area contributed by atoms with Crippen molar-refractivity contribution in [3.05, 3.63) is 41.3 Å². The van der Waals surface area contributed by atoms with E-state index in [9.17, 15) is 13.2 Å². The van der Waals surface area contributed by atoms with Crippen molar-refractivity contribution < 1.29 is 13.2 Å². The topological polar surface area (TPSA) is 89.3 Å². The van der Waals surface area contributed by atoms with Gasteiger partial charge in [0.15, 0.2) is 9.84 Å². The third-order valence-electron chi connectivity index (χ3n) is 3.89. The van der Waals surface area contributed by atoms with Crippen molar-refractivity contribution in [3.8, 4) is 0 Å². The number of carbonyl (C=O) groups excluding carboxylic acids is 1. The summed E-state index contributed by atoms with van der Waals surface area (Å²) in [5.41, 5.74) is 6.75. The first-order chi connectivity index (χ1) is 9.41. The molecule has 1 fully saturated rings. The smallest absolute Gasteiger partial charge is 0.231 e. The van der Waals surface area contributed by atoms with E-state index >= 15 is 0 Å². The zero-order chi connectivity index (χ0) is 14.4. The number of hydrogen-bond donors (Lipinski definition) is 2. The number of benzene rings is 1. The Bertz CT molecular complexity index is 673. The van der Waals surface area contributed by atoms with Crippen LogP contribution in [0.1, 0.15) is 18.4 Å². The first kappa shape index (κ1) is 13.2. The van der Waals surface area contributed by atoms with Gasteiger partial charge >= 0.3 is 0 Å². The first-order valence-corrected chi connectivity index (χ1v) is 8.21. The Morgan fingerprint density at radius 1 is 1.25 bits per heavy atom. The SMILES string of the molecule is Nc1ccc(C2(C(=O)NC3C=CS(=O)(=O)C3)CC2)cc1. The Kier molecular flexibility index (Phi) is 2.86. The fraction of sp³-hybridized carbons (Fsp3) is 0.357. The molecule has 5 nitrogen and oxygen atoms in total. The Morgan fingerprint density at radius 3 is 2.40 bits per heavy atom. The highest BCUT2D eigenvalue weighted by Gasteiger charge is 2.51. The minimum absolute atomic E-state index is 0.0451. The molecule has 1 heterocycles. The number of hydrogen-bond acceptors (Lipinski definition) is 4. The van der Waals surface area contributed by atoms with Gasteiger partial charge in [-0.2, -0.15) is 0 Å². The summed E-state index contributed by atoms with van der Waals surface area (Å²) in [6.07, 6.45) is 3.10. The molecule has 1 saturated carbocycles.